The van der Waals surface area contributed by atoms with Crippen LogP contribution < -0.4 is 4.74 Å². The fourth-order valence-corrected chi connectivity index (χ4v) is 4.87. The van der Waals surface area contributed by atoms with E-state index in [-0.39, 0.29) is 6.10 Å². The van der Waals surface area contributed by atoms with Gasteiger partial charge in [0.2, 0.25) is 0 Å². The second-order valence-electron chi connectivity index (χ2n) is 7.60. The van der Waals surface area contributed by atoms with Crippen LogP contribution >= 0.6 is 0 Å². The van der Waals surface area contributed by atoms with Gasteiger partial charge in [-0.05, 0) is 70.7 Å². The molecule has 132 valence electrons. The molecule has 26 heavy (non-hydrogen) atoms. The molecule has 3 aromatic rings. The van der Waals surface area contributed by atoms with Crippen LogP contribution in [0.25, 0.3) is 10.8 Å². The zero-order valence-electron chi connectivity index (χ0n) is 15.2. The Hall–Kier alpha value is -2.32. The van der Waals surface area contributed by atoms with Gasteiger partial charge in [0.05, 0.1) is 19.8 Å². The van der Waals surface area contributed by atoms with Crippen molar-refractivity contribution >= 4 is 10.8 Å². The van der Waals surface area contributed by atoms with Crippen LogP contribution in [0.15, 0.2) is 60.7 Å². The average Bonchev–Trinajstić information content (AvgIpc) is 2.72. The van der Waals surface area contributed by atoms with Gasteiger partial charge in [0.1, 0.15) is 5.75 Å². The second kappa shape index (κ2) is 6.44. The number of fused-ring (bicyclic) bond motifs is 4. The Morgan fingerprint density at radius 1 is 0.962 bits per heavy atom. The van der Waals surface area contributed by atoms with E-state index in [1.54, 1.807) is 7.11 Å². The molecule has 0 radical (unpaired) electrons. The molecule has 1 fully saturated rings. The summed E-state index contributed by atoms with van der Waals surface area (Å²) in [6.07, 6.45) is 3.60. The fraction of sp³-hybridized carbons (Fsp3) is 0.333. The number of hydrogen-bond acceptors (Lipinski definition) is 2. The Morgan fingerprint density at radius 3 is 2.77 bits per heavy atom. The number of rotatable bonds is 2. The van der Waals surface area contributed by atoms with Crippen molar-refractivity contribution in [1.82, 2.24) is 0 Å². The summed E-state index contributed by atoms with van der Waals surface area (Å²) in [4.78, 5) is 0. The first-order valence-electron chi connectivity index (χ1n) is 9.59. The Bertz CT molecular complexity index is 941. The molecule has 0 bridgehead atoms. The lowest BCUT2D eigenvalue weighted by molar-refractivity contribution is -0.0333. The summed E-state index contributed by atoms with van der Waals surface area (Å²) in [6.45, 7) is 0.856. The van der Waals surface area contributed by atoms with Gasteiger partial charge in [-0.25, -0.2) is 0 Å². The molecule has 1 aliphatic heterocycles. The van der Waals surface area contributed by atoms with Crippen molar-refractivity contribution in [1.29, 1.82) is 0 Å². The second-order valence-corrected chi connectivity index (χ2v) is 7.60. The topological polar surface area (TPSA) is 18.5 Å². The van der Waals surface area contributed by atoms with E-state index in [4.69, 9.17) is 9.47 Å². The third-order valence-electron chi connectivity index (χ3n) is 6.26. The fourth-order valence-electron chi connectivity index (χ4n) is 4.87. The summed E-state index contributed by atoms with van der Waals surface area (Å²) in [5.74, 6) is 2.16. The monoisotopic (exact) mass is 344 g/mol. The van der Waals surface area contributed by atoms with Crippen LogP contribution in [0.4, 0.5) is 0 Å². The first kappa shape index (κ1) is 15.9. The minimum absolute atomic E-state index is 0.166. The number of hydrogen-bond donors (Lipinski definition) is 0. The molecule has 0 unspecified atom stereocenters. The maximum Gasteiger partial charge on any atom is 0.119 e. The van der Waals surface area contributed by atoms with Gasteiger partial charge < -0.3 is 9.47 Å². The number of ether oxygens (including phenoxy) is 2. The number of methoxy groups -OCH3 is 1. The summed E-state index contributed by atoms with van der Waals surface area (Å²) in [5, 5.41) is 2.61. The number of benzene rings is 3. The highest BCUT2D eigenvalue weighted by Crippen LogP contribution is 2.48. The van der Waals surface area contributed by atoms with E-state index in [0.29, 0.717) is 11.8 Å². The van der Waals surface area contributed by atoms with Crippen LogP contribution in [-0.4, -0.2) is 13.7 Å². The molecular weight excluding hydrogens is 320 g/mol. The molecule has 0 spiro atoms. The van der Waals surface area contributed by atoms with Crippen LogP contribution in [0.1, 0.15) is 41.6 Å². The molecule has 1 heterocycles. The smallest absolute Gasteiger partial charge is 0.119 e. The standard InChI is InChI=1S/C24H24O2/c1-25-19-12-11-17-9-10-18-15-26-24(14-23(18)22(17)13-19)21-8-4-6-16-5-2-3-7-20(16)21/h2-8,11-13,18,23-24H,9-10,14-15H2,1H3/t18-,23-,24-/m1/s1. The predicted molar refractivity (Wildman–Crippen MR) is 105 cm³/mol. The molecule has 0 saturated carbocycles. The minimum Gasteiger partial charge on any atom is -0.497 e. The van der Waals surface area contributed by atoms with E-state index < -0.39 is 0 Å². The number of aryl methyl sites for hydroxylation is 1. The zero-order chi connectivity index (χ0) is 17.5. The van der Waals surface area contributed by atoms with Gasteiger partial charge in [0.15, 0.2) is 0 Å². The van der Waals surface area contributed by atoms with Crippen molar-refractivity contribution in [3.63, 3.8) is 0 Å². The van der Waals surface area contributed by atoms with Crippen molar-refractivity contribution in [3.8, 4) is 5.75 Å². The summed E-state index contributed by atoms with van der Waals surface area (Å²) in [5.41, 5.74) is 4.30. The van der Waals surface area contributed by atoms with Crippen molar-refractivity contribution in [3.05, 3.63) is 77.4 Å². The lowest BCUT2D eigenvalue weighted by Crippen LogP contribution is -2.32. The quantitative estimate of drug-likeness (QED) is 0.597. The molecule has 3 atom stereocenters. The van der Waals surface area contributed by atoms with Crippen LogP contribution in [-0.2, 0) is 11.2 Å². The van der Waals surface area contributed by atoms with E-state index in [9.17, 15) is 0 Å². The van der Waals surface area contributed by atoms with Crippen LogP contribution in [0, 0.1) is 5.92 Å². The van der Waals surface area contributed by atoms with Gasteiger partial charge in [0.25, 0.3) is 0 Å². The average molecular weight is 344 g/mol. The SMILES string of the molecule is COc1ccc2c(c1)[C@@H]1C[C@H](c3cccc4ccccc34)OC[C@H]1CC2. The third kappa shape index (κ3) is 2.60. The molecule has 0 aromatic heterocycles. The highest BCUT2D eigenvalue weighted by Gasteiger charge is 2.37. The summed E-state index contributed by atoms with van der Waals surface area (Å²) < 4.78 is 11.9. The van der Waals surface area contributed by atoms with E-state index in [2.05, 4.69) is 60.7 Å². The van der Waals surface area contributed by atoms with Gasteiger partial charge in [-0.15, -0.1) is 0 Å². The molecule has 0 amide bonds. The predicted octanol–water partition coefficient (Wildman–Crippen LogP) is 5.66. The van der Waals surface area contributed by atoms with Crippen LogP contribution in [0.2, 0.25) is 0 Å². The van der Waals surface area contributed by atoms with E-state index in [1.165, 1.54) is 33.9 Å². The van der Waals surface area contributed by atoms with Crippen molar-refractivity contribution in [2.45, 2.75) is 31.3 Å². The molecule has 2 aliphatic rings. The van der Waals surface area contributed by atoms with Crippen molar-refractivity contribution in [2.75, 3.05) is 13.7 Å². The molecule has 1 aliphatic carbocycles. The highest BCUT2D eigenvalue weighted by molar-refractivity contribution is 5.86. The Balaban J connectivity index is 1.53. The van der Waals surface area contributed by atoms with E-state index >= 15 is 0 Å². The molecule has 0 N–H and O–H groups in total. The van der Waals surface area contributed by atoms with Crippen molar-refractivity contribution in [2.24, 2.45) is 5.92 Å². The van der Waals surface area contributed by atoms with Gasteiger partial charge >= 0.3 is 0 Å². The van der Waals surface area contributed by atoms with Crippen molar-refractivity contribution < 1.29 is 9.47 Å². The highest BCUT2D eigenvalue weighted by atomic mass is 16.5. The summed E-state index contributed by atoms with van der Waals surface area (Å²) in [7, 11) is 1.75. The van der Waals surface area contributed by atoms with Gasteiger partial charge in [-0.2, -0.15) is 0 Å². The zero-order valence-corrected chi connectivity index (χ0v) is 15.2. The lowest BCUT2D eigenvalue weighted by atomic mass is 9.71. The molecule has 2 heteroatoms. The Kier molecular flexibility index (Phi) is 3.94. The molecule has 2 nitrogen and oxygen atoms in total. The van der Waals surface area contributed by atoms with Crippen LogP contribution in [0.3, 0.4) is 0 Å². The normalized spacial score (nSPS) is 24.7. The third-order valence-corrected chi connectivity index (χ3v) is 6.26. The summed E-state index contributed by atoms with van der Waals surface area (Å²) in [6, 6.07) is 21.8. The van der Waals surface area contributed by atoms with E-state index in [0.717, 1.165) is 25.2 Å². The molecule has 1 saturated heterocycles. The molecule has 5 rings (SSSR count). The Labute approximate surface area is 154 Å². The van der Waals surface area contributed by atoms with Crippen LogP contribution in [0.5, 0.6) is 5.75 Å². The first-order chi connectivity index (χ1) is 12.8. The maximum absolute atomic E-state index is 6.38. The minimum atomic E-state index is 0.166. The largest absolute Gasteiger partial charge is 0.497 e. The van der Waals surface area contributed by atoms with Gasteiger partial charge in [-0.1, -0.05) is 48.5 Å². The first-order valence-corrected chi connectivity index (χ1v) is 9.59. The summed E-state index contributed by atoms with van der Waals surface area (Å²) >= 11 is 0. The molecule has 3 aromatic carbocycles. The van der Waals surface area contributed by atoms with Gasteiger partial charge in [0, 0.05) is 0 Å². The van der Waals surface area contributed by atoms with E-state index in [1.807, 2.05) is 0 Å². The lowest BCUT2D eigenvalue weighted by Gasteiger charge is -2.41. The molecular formula is C24H24O2. The Morgan fingerprint density at radius 2 is 1.85 bits per heavy atom. The maximum atomic E-state index is 6.38. The van der Waals surface area contributed by atoms with Gasteiger partial charge in [-0.3, -0.25) is 0 Å².